The predicted octanol–water partition coefficient (Wildman–Crippen LogP) is 2.60. The number of halogens is 3. The van der Waals surface area contributed by atoms with Crippen LogP contribution in [0, 0.1) is 5.41 Å². The lowest BCUT2D eigenvalue weighted by atomic mass is 9.75. The van der Waals surface area contributed by atoms with Crippen LogP contribution in [0.4, 0.5) is 8.78 Å². The summed E-state index contributed by atoms with van der Waals surface area (Å²) in [5.41, 5.74) is -0.627. The summed E-state index contributed by atoms with van der Waals surface area (Å²) in [6.07, 6.45) is 2.90. The average molecular weight is 212 g/mol. The summed E-state index contributed by atoms with van der Waals surface area (Å²) in [5, 5.41) is 3.14. The van der Waals surface area contributed by atoms with Gasteiger partial charge in [-0.1, -0.05) is 0 Å². The Morgan fingerprint density at radius 3 is 2.00 bits per heavy atom. The Kier molecular flexibility index (Phi) is 3.18. The monoisotopic (exact) mass is 211 g/mol. The molecule has 0 unspecified atom stereocenters. The van der Waals surface area contributed by atoms with E-state index in [1.165, 1.54) is 0 Å². The van der Waals surface area contributed by atoms with Gasteiger partial charge in [0.25, 0.3) is 5.92 Å². The van der Waals surface area contributed by atoms with Crippen LogP contribution in [-0.4, -0.2) is 19.0 Å². The van der Waals surface area contributed by atoms with Gasteiger partial charge < -0.3 is 5.32 Å². The molecule has 0 atom stereocenters. The molecule has 1 nitrogen and oxygen atoms in total. The maximum absolute atomic E-state index is 13.5. The third kappa shape index (κ3) is 1.68. The number of piperidine rings is 1. The summed E-state index contributed by atoms with van der Waals surface area (Å²) in [6.45, 7) is 1.55. The van der Waals surface area contributed by atoms with Crippen molar-refractivity contribution >= 4 is 12.4 Å². The fourth-order valence-electron chi connectivity index (χ4n) is 2.62. The number of hydrogen-bond acceptors (Lipinski definition) is 1. The topological polar surface area (TPSA) is 12.0 Å². The van der Waals surface area contributed by atoms with E-state index < -0.39 is 11.3 Å². The minimum Gasteiger partial charge on any atom is -0.317 e. The molecule has 78 valence electrons. The van der Waals surface area contributed by atoms with Crippen molar-refractivity contribution in [1.29, 1.82) is 0 Å². The molecule has 1 spiro atoms. The van der Waals surface area contributed by atoms with Crippen LogP contribution in [0.25, 0.3) is 0 Å². The maximum Gasteiger partial charge on any atom is 0.253 e. The Labute approximate surface area is 83.7 Å². The van der Waals surface area contributed by atoms with Gasteiger partial charge in [-0.2, -0.15) is 0 Å². The van der Waals surface area contributed by atoms with Crippen LogP contribution in [0.15, 0.2) is 0 Å². The van der Waals surface area contributed by atoms with Gasteiger partial charge in [-0.3, -0.25) is 0 Å². The van der Waals surface area contributed by atoms with Crippen molar-refractivity contribution < 1.29 is 8.78 Å². The van der Waals surface area contributed by atoms with E-state index >= 15 is 0 Å². The number of alkyl halides is 2. The van der Waals surface area contributed by atoms with Crippen molar-refractivity contribution in [3.8, 4) is 0 Å². The highest BCUT2D eigenvalue weighted by Gasteiger charge is 2.56. The number of hydrogen-bond donors (Lipinski definition) is 1. The zero-order chi connectivity index (χ0) is 8.66. The van der Waals surface area contributed by atoms with Gasteiger partial charge in [0.05, 0.1) is 0 Å². The van der Waals surface area contributed by atoms with Crippen molar-refractivity contribution in [2.45, 2.75) is 38.0 Å². The van der Waals surface area contributed by atoms with Gasteiger partial charge in [0.2, 0.25) is 0 Å². The summed E-state index contributed by atoms with van der Waals surface area (Å²) in [5.74, 6) is -2.38. The second-order valence-corrected chi connectivity index (χ2v) is 4.09. The molecule has 1 saturated carbocycles. The Morgan fingerprint density at radius 2 is 1.54 bits per heavy atom. The van der Waals surface area contributed by atoms with Gasteiger partial charge in [0.1, 0.15) is 0 Å². The number of nitrogens with one attached hydrogen (secondary N) is 1. The van der Waals surface area contributed by atoms with E-state index in [9.17, 15) is 8.78 Å². The fourth-order valence-corrected chi connectivity index (χ4v) is 2.62. The summed E-state index contributed by atoms with van der Waals surface area (Å²) in [7, 11) is 0. The minimum atomic E-state index is -2.38. The summed E-state index contributed by atoms with van der Waals surface area (Å²) in [6, 6.07) is 0. The molecule has 2 fully saturated rings. The van der Waals surface area contributed by atoms with Crippen LogP contribution in [0.2, 0.25) is 0 Å². The Bertz CT molecular complexity index is 178. The molecule has 0 aromatic rings. The molecule has 0 amide bonds. The van der Waals surface area contributed by atoms with Crippen molar-refractivity contribution in [1.82, 2.24) is 5.32 Å². The van der Waals surface area contributed by atoms with Crippen molar-refractivity contribution in [3.63, 3.8) is 0 Å². The molecule has 4 heteroatoms. The molecule has 0 bridgehead atoms. The Hall–Kier alpha value is 0.110. The van der Waals surface area contributed by atoms with Crippen LogP contribution in [0.5, 0.6) is 0 Å². The normalized spacial score (nSPS) is 30.0. The third-order valence-corrected chi connectivity index (χ3v) is 3.48. The third-order valence-electron chi connectivity index (χ3n) is 3.48. The van der Waals surface area contributed by atoms with Crippen LogP contribution in [0.1, 0.15) is 32.1 Å². The zero-order valence-corrected chi connectivity index (χ0v) is 8.43. The van der Waals surface area contributed by atoms with Crippen LogP contribution in [-0.2, 0) is 0 Å². The molecule has 0 aromatic carbocycles. The van der Waals surface area contributed by atoms with E-state index in [2.05, 4.69) is 5.32 Å². The van der Waals surface area contributed by atoms with Gasteiger partial charge >= 0.3 is 0 Å². The predicted molar refractivity (Wildman–Crippen MR) is 50.6 cm³/mol. The molecule has 13 heavy (non-hydrogen) atoms. The van der Waals surface area contributed by atoms with Crippen LogP contribution in [0.3, 0.4) is 0 Å². The van der Waals surface area contributed by atoms with Gasteiger partial charge in [-0.15, -0.1) is 12.4 Å². The van der Waals surface area contributed by atoms with Crippen molar-refractivity contribution in [2.24, 2.45) is 5.41 Å². The van der Waals surface area contributed by atoms with E-state index in [1.54, 1.807) is 0 Å². The lowest BCUT2D eigenvalue weighted by molar-refractivity contribution is -0.112. The molecular weight excluding hydrogens is 196 g/mol. The second-order valence-electron chi connectivity index (χ2n) is 4.09. The first-order valence-corrected chi connectivity index (χ1v) is 4.75. The minimum absolute atomic E-state index is 0. The Balaban J connectivity index is 0.000000845. The average Bonchev–Trinajstić information content (AvgIpc) is 2.30. The standard InChI is InChI=1S/C9H15F2N.ClH/c10-9(11)3-1-2-8(9)4-6-12-7-5-8;/h12H,1-7H2;1H. The smallest absolute Gasteiger partial charge is 0.253 e. The first kappa shape index (κ1) is 11.2. The molecule has 1 saturated heterocycles. The molecule has 1 heterocycles. The summed E-state index contributed by atoms with van der Waals surface area (Å²) in [4.78, 5) is 0. The Morgan fingerprint density at radius 1 is 0.923 bits per heavy atom. The number of rotatable bonds is 0. The lowest BCUT2D eigenvalue weighted by Crippen LogP contribution is -2.44. The van der Waals surface area contributed by atoms with Gasteiger partial charge in [0, 0.05) is 11.8 Å². The van der Waals surface area contributed by atoms with Gasteiger partial charge in [-0.05, 0) is 38.8 Å². The first-order chi connectivity index (χ1) is 5.66. The quantitative estimate of drug-likeness (QED) is 0.650. The van der Waals surface area contributed by atoms with Crippen molar-refractivity contribution in [2.75, 3.05) is 13.1 Å². The molecule has 1 aliphatic carbocycles. The second kappa shape index (κ2) is 3.70. The fraction of sp³-hybridized carbons (Fsp3) is 1.00. The molecule has 2 rings (SSSR count). The highest BCUT2D eigenvalue weighted by molar-refractivity contribution is 5.85. The van der Waals surface area contributed by atoms with Crippen LogP contribution < -0.4 is 5.32 Å². The van der Waals surface area contributed by atoms with E-state index in [4.69, 9.17) is 0 Å². The lowest BCUT2D eigenvalue weighted by Gasteiger charge is -2.38. The molecule has 1 aliphatic heterocycles. The highest BCUT2D eigenvalue weighted by Crippen LogP contribution is 2.55. The van der Waals surface area contributed by atoms with Crippen molar-refractivity contribution in [3.05, 3.63) is 0 Å². The molecule has 0 aromatic heterocycles. The molecule has 2 aliphatic rings. The van der Waals surface area contributed by atoms with Crippen LogP contribution >= 0.6 is 12.4 Å². The van der Waals surface area contributed by atoms with E-state index in [1.807, 2.05) is 0 Å². The summed E-state index contributed by atoms with van der Waals surface area (Å²) >= 11 is 0. The molecule has 0 radical (unpaired) electrons. The van der Waals surface area contributed by atoms with Gasteiger partial charge in [0.15, 0.2) is 0 Å². The van der Waals surface area contributed by atoms with E-state index in [0.29, 0.717) is 19.3 Å². The first-order valence-electron chi connectivity index (χ1n) is 4.75. The zero-order valence-electron chi connectivity index (χ0n) is 7.61. The summed E-state index contributed by atoms with van der Waals surface area (Å²) < 4.78 is 26.9. The molecule has 1 N–H and O–H groups in total. The van der Waals surface area contributed by atoms with Gasteiger partial charge in [-0.25, -0.2) is 8.78 Å². The SMILES string of the molecule is Cl.FC1(F)CCCC12CCNCC2. The van der Waals surface area contributed by atoms with E-state index in [0.717, 1.165) is 19.5 Å². The van der Waals surface area contributed by atoms with E-state index in [-0.39, 0.29) is 18.8 Å². The molecular formula is C9H16ClF2N. The largest absolute Gasteiger partial charge is 0.317 e. The maximum atomic E-state index is 13.5. The highest BCUT2D eigenvalue weighted by atomic mass is 35.5.